The minimum atomic E-state index is -4.33. The lowest BCUT2D eigenvalue weighted by molar-refractivity contribution is -0.384. The first-order valence-corrected chi connectivity index (χ1v) is 11.9. The molecular formula is C23H22N4O8S. The maximum absolute atomic E-state index is 12.8. The maximum atomic E-state index is 12.8. The molecule has 0 heterocycles. The van der Waals surface area contributed by atoms with E-state index in [1.165, 1.54) is 43.7 Å². The van der Waals surface area contributed by atoms with Crippen molar-refractivity contribution in [2.45, 2.75) is 11.8 Å². The molecule has 0 aliphatic carbocycles. The Labute approximate surface area is 206 Å². The number of benzene rings is 3. The van der Waals surface area contributed by atoms with Gasteiger partial charge in [0.1, 0.15) is 5.69 Å². The second kappa shape index (κ2) is 11.2. The van der Waals surface area contributed by atoms with Gasteiger partial charge in [0.05, 0.1) is 41.0 Å². The molecule has 36 heavy (non-hydrogen) atoms. The average Bonchev–Trinajstić information content (AvgIpc) is 2.84. The summed E-state index contributed by atoms with van der Waals surface area (Å²) in [5.41, 5.74) is 2.10. The van der Waals surface area contributed by atoms with Crippen molar-refractivity contribution in [3.05, 3.63) is 81.9 Å². The van der Waals surface area contributed by atoms with Crippen molar-refractivity contribution < 1.29 is 32.7 Å². The van der Waals surface area contributed by atoms with Crippen molar-refractivity contribution in [2.75, 3.05) is 23.9 Å². The van der Waals surface area contributed by atoms with Crippen LogP contribution >= 0.6 is 0 Å². The first kappa shape index (κ1) is 26.0. The highest BCUT2D eigenvalue weighted by molar-refractivity contribution is 7.92. The van der Waals surface area contributed by atoms with E-state index in [9.17, 15) is 28.4 Å². The molecule has 13 heteroatoms. The summed E-state index contributed by atoms with van der Waals surface area (Å²) < 4.78 is 38.5. The van der Waals surface area contributed by atoms with Gasteiger partial charge in [-0.25, -0.2) is 13.2 Å². The molecule has 0 spiro atoms. The molecule has 0 saturated carbocycles. The van der Waals surface area contributed by atoms with Gasteiger partial charge in [0.2, 0.25) is 0 Å². The second-order valence-corrected chi connectivity index (χ2v) is 8.79. The number of ether oxygens (including phenoxy) is 2. The van der Waals surface area contributed by atoms with Gasteiger partial charge < -0.3 is 14.6 Å². The Bertz CT molecular complexity index is 1420. The van der Waals surface area contributed by atoms with Crippen molar-refractivity contribution in [1.29, 1.82) is 0 Å². The predicted octanol–water partition coefficient (Wildman–Crippen LogP) is 3.95. The number of hydrogen-bond donors (Lipinski definition) is 3. The van der Waals surface area contributed by atoms with Crippen molar-refractivity contribution in [3.8, 4) is 11.5 Å². The van der Waals surface area contributed by atoms with E-state index < -0.39 is 31.5 Å². The monoisotopic (exact) mass is 514 g/mol. The van der Waals surface area contributed by atoms with E-state index in [1.54, 1.807) is 18.2 Å². The highest BCUT2D eigenvalue weighted by Crippen LogP contribution is 2.30. The Balaban J connectivity index is 1.84. The molecule has 0 aromatic heterocycles. The molecule has 3 N–H and O–H groups in total. The highest BCUT2D eigenvalue weighted by Gasteiger charge is 2.23. The van der Waals surface area contributed by atoms with Crippen LogP contribution in [0.25, 0.3) is 0 Å². The van der Waals surface area contributed by atoms with Crippen LogP contribution in [0, 0.1) is 10.1 Å². The Morgan fingerprint density at radius 3 is 2.53 bits per heavy atom. The molecule has 3 aromatic carbocycles. The van der Waals surface area contributed by atoms with Crippen LogP contribution < -0.4 is 19.6 Å². The number of anilines is 2. The SMILES string of the molecule is CCOc1ccc(C=NNc2ccc(S(=O)(=O)Nc3ccccc3C(=O)O)cc2[N+](=O)[O-])cc1OC. The molecule has 0 bridgehead atoms. The average molecular weight is 515 g/mol. The third-order valence-corrected chi connectivity index (χ3v) is 6.13. The number of hydrogen-bond acceptors (Lipinski definition) is 9. The summed E-state index contributed by atoms with van der Waals surface area (Å²) in [6, 6.07) is 13.6. The Morgan fingerprint density at radius 2 is 1.86 bits per heavy atom. The van der Waals surface area contributed by atoms with Crippen LogP contribution in [0.2, 0.25) is 0 Å². The van der Waals surface area contributed by atoms with Gasteiger partial charge in [0.25, 0.3) is 15.7 Å². The van der Waals surface area contributed by atoms with Gasteiger partial charge in [-0.1, -0.05) is 12.1 Å². The smallest absolute Gasteiger partial charge is 0.337 e. The lowest BCUT2D eigenvalue weighted by Gasteiger charge is -2.11. The first-order valence-electron chi connectivity index (χ1n) is 10.4. The van der Waals surface area contributed by atoms with Gasteiger partial charge in [0.15, 0.2) is 11.5 Å². The van der Waals surface area contributed by atoms with E-state index in [0.29, 0.717) is 23.7 Å². The van der Waals surface area contributed by atoms with Crippen LogP contribution in [0.1, 0.15) is 22.8 Å². The number of sulfonamides is 1. The van der Waals surface area contributed by atoms with Crippen molar-refractivity contribution in [1.82, 2.24) is 0 Å². The molecule has 3 aromatic rings. The molecule has 0 aliphatic heterocycles. The number of aromatic carboxylic acids is 1. The molecule has 188 valence electrons. The van der Waals surface area contributed by atoms with E-state index in [1.807, 2.05) is 6.92 Å². The van der Waals surface area contributed by atoms with E-state index in [-0.39, 0.29) is 16.9 Å². The number of nitro benzene ring substituents is 1. The van der Waals surface area contributed by atoms with E-state index in [4.69, 9.17) is 9.47 Å². The topological polar surface area (TPSA) is 169 Å². The van der Waals surface area contributed by atoms with E-state index in [0.717, 1.165) is 12.1 Å². The molecule has 0 radical (unpaired) electrons. The van der Waals surface area contributed by atoms with Crippen LogP contribution in [0.5, 0.6) is 11.5 Å². The van der Waals surface area contributed by atoms with Gasteiger partial charge in [-0.2, -0.15) is 5.10 Å². The zero-order chi connectivity index (χ0) is 26.3. The number of nitrogens with one attached hydrogen (secondary N) is 2. The summed E-state index contributed by atoms with van der Waals surface area (Å²) >= 11 is 0. The summed E-state index contributed by atoms with van der Waals surface area (Å²) in [6.07, 6.45) is 1.40. The minimum absolute atomic E-state index is 0.0564. The number of nitrogens with zero attached hydrogens (tertiary/aromatic N) is 2. The molecule has 0 aliphatic rings. The second-order valence-electron chi connectivity index (χ2n) is 7.11. The van der Waals surface area contributed by atoms with Gasteiger partial charge in [0, 0.05) is 6.07 Å². The number of carboxylic acid groups (broad SMARTS) is 1. The summed E-state index contributed by atoms with van der Waals surface area (Å²) in [6.45, 7) is 2.30. The molecule has 0 amide bonds. The Morgan fingerprint density at radius 1 is 1.11 bits per heavy atom. The number of nitro groups is 1. The quantitative estimate of drug-likeness (QED) is 0.195. The van der Waals surface area contributed by atoms with Crippen LogP contribution in [0.4, 0.5) is 17.1 Å². The highest BCUT2D eigenvalue weighted by atomic mass is 32.2. The fraction of sp³-hybridized carbons (Fsp3) is 0.130. The standard InChI is InChI=1S/C23H22N4O8S/c1-3-35-21-11-8-15(12-22(21)34-2)14-24-25-19-10-9-16(13-20(19)27(30)31)36(32,33)26-18-7-5-4-6-17(18)23(28)29/h4-14,25-26H,3H2,1-2H3,(H,28,29). The van der Waals surface area contributed by atoms with Crippen molar-refractivity contribution in [3.63, 3.8) is 0 Å². The summed E-state index contributed by atoms with van der Waals surface area (Å²) in [5.74, 6) is -0.294. The lowest BCUT2D eigenvalue weighted by atomic mass is 10.2. The number of methoxy groups -OCH3 is 1. The Hall–Kier alpha value is -4.65. The van der Waals surface area contributed by atoms with Crippen LogP contribution in [0.3, 0.4) is 0 Å². The molecule has 12 nitrogen and oxygen atoms in total. The van der Waals surface area contributed by atoms with Crippen molar-refractivity contribution >= 4 is 39.3 Å². The Kier molecular flexibility index (Phi) is 8.07. The zero-order valence-corrected chi connectivity index (χ0v) is 20.0. The molecular weight excluding hydrogens is 492 g/mol. The third kappa shape index (κ3) is 6.07. The lowest BCUT2D eigenvalue weighted by Crippen LogP contribution is -2.16. The van der Waals surface area contributed by atoms with Gasteiger partial charge >= 0.3 is 5.97 Å². The molecule has 3 rings (SSSR count). The van der Waals surface area contributed by atoms with Crippen LogP contribution in [-0.2, 0) is 10.0 Å². The van der Waals surface area contributed by atoms with Crippen molar-refractivity contribution in [2.24, 2.45) is 5.10 Å². The molecule has 0 atom stereocenters. The molecule has 0 saturated heterocycles. The first-order chi connectivity index (χ1) is 17.2. The fourth-order valence-corrected chi connectivity index (χ4v) is 4.20. The number of carbonyl (C=O) groups is 1. The molecule has 0 unspecified atom stereocenters. The third-order valence-electron chi connectivity index (χ3n) is 4.76. The normalized spacial score (nSPS) is 11.2. The van der Waals surface area contributed by atoms with Crippen LogP contribution in [-0.4, -0.2) is 44.3 Å². The van der Waals surface area contributed by atoms with Gasteiger partial charge in [-0.15, -0.1) is 0 Å². The number of para-hydroxylation sites is 1. The van der Waals surface area contributed by atoms with Gasteiger partial charge in [-0.3, -0.25) is 20.3 Å². The zero-order valence-electron chi connectivity index (χ0n) is 19.2. The number of rotatable bonds is 11. The van der Waals surface area contributed by atoms with E-state index >= 15 is 0 Å². The predicted molar refractivity (Wildman–Crippen MR) is 133 cm³/mol. The maximum Gasteiger partial charge on any atom is 0.337 e. The van der Waals surface area contributed by atoms with Crippen LogP contribution in [0.15, 0.2) is 70.7 Å². The summed E-state index contributed by atoms with van der Waals surface area (Å²) in [4.78, 5) is 21.8. The number of carboxylic acids is 1. The number of hydrazone groups is 1. The van der Waals surface area contributed by atoms with E-state index in [2.05, 4.69) is 15.2 Å². The summed E-state index contributed by atoms with van der Waals surface area (Å²) in [5, 5.41) is 24.9. The minimum Gasteiger partial charge on any atom is -0.493 e. The van der Waals surface area contributed by atoms with Gasteiger partial charge in [-0.05, 0) is 55.0 Å². The fourth-order valence-electron chi connectivity index (χ4n) is 3.10. The summed E-state index contributed by atoms with van der Waals surface area (Å²) in [7, 11) is -2.84. The largest absolute Gasteiger partial charge is 0.493 e. The molecule has 0 fully saturated rings.